The normalized spacial score (nSPS) is 23.7. The first-order valence-electron chi connectivity index (χ1n) is 8.04. The van der Waals surface area contributed by atoms with Crippen LogP contribution >= 0.6 is 27.7 Å². The fraction of sp³-hybridized carbons (Fsp3) is 0.438. The number of hydrogen-bond donors (Lipinski definition) is 2. The number of aromatic nitrogens is 3. The summed E-state index contributed by atoms with van der Waals surface area (Å²) in [6.07, 6.45) is 7.70. The molecule has 1 aliphatic carbocycles. The molecule has 1 amide bonds. The summed E-state index contributed by atoms with van der Waals surface area (Å²) in [7, 11) is 0. The fourth-order valence-electron chi connectivity index (χ4n) is 2.95. The number of amides is 1. The molecule has 2 aromatic rings. The number of anilines is 1. The van der Waals surface area contributed by atoms with E-state index in [9.17, 15) is 4.79 Å². The lowest BCUT2D eigenvalue weighted by Gasteiger charge is -2.32. The topological polar surface area (TPSA) is 73.9 Å². The molecule has 126 valence electrons. The Morgan fingerprint density at radius 3 is 3.17 bits per heavy atom. The Morgan fingerprint density at radius 1 is 1.46 bits per heavy atom. The molecule has 0 saturated heterocycles. The molecule has 1 unspecified atom stereocenters. The summed E-state index contributed by atoms with van der Waals surface area (Å²) in [5, 5.41) is 4.03. The van der Waals surface area contributed by atoms with Crippen LogP contribution in [-0.4, -0.2) is 44.5 Å². The number of fused-ring (bicyclic) bond motifs is 1. The quantitative estimate of drug-likeness (QED) is 0.761. The van der Waals surface area contributed by atoms with Crippen LogP contribution in [-0.2, 0) is 4.79 Å². The second-order valence-electron chi connectivity index (χ2n) is 6.04. The number of H-pyrrole nitrogens is 1. The van der Waals surface area contributed by atoms with Crippen LogP contribution in [0.15, 0.2) is 29.7 Å². The molecule has 1 fully saturated rings. The average molecular weight is 408 g/mol. The smallest absolute Gasteiger partial charge is 0.259 e. The van der Waals surface area contributed by atoms with Crippen molar-refractivity contribution in [2.75, 3.05) is 23.7 Å². The van der Waals surface area contributed by atoms with E-state index in [0.29, 0.717) is 10.7 Å². The van der Waals surface area contributed by atoms with Crippen molar-refractivity contribution in [2.45, 2.75) is 17.7 Å². The van der Waals surface area contributed by atoms with Gasteiger partial charge >= 0.3 is 0 Å². The number of alkyl halides is 1. The molecule has 0 bridgehead atoms. The maximum absolute atomic E-state index is 12.5. The summed E-state index contributed by atoms with van der Waals surface area (Å²) in [4.78, 5) is 27.5. The summed E-state index contributed by atoms with van der Waals surface area (Å²) >= 11 is 5.24. The van der Waals surface area contributed by atoms with Gasteiger partial charge in [-0.3, -0.25) is 4.79 Å². The number of nitrogens with one attached hydrogen (secondary N) is 2. The van der Waals surface area contributed by atoms with Crippen molar-refractivity contribution >= 4 is 50.5 Å². The molecule has 0 radical (unpaired) electrons. The van der Waals surface area contributed by atoms with Gasteiger partial charge in [-0.2, -0.15) is 0 Å². The lowest BCUT2D eigenvalue weighted by molar-refractivity contribution is -0.117. The molecular weight excluding hydrogens is 390 g/mol. The van der Waals surface area contributed by atoms with Gasteiger partial charge in [0.15, 0.2) is 0 Å². The predicted octanol–water partition coefficient (Wildman–Crippen LogP) is 2.64. The number of halogens is 1. The molecule has 2 N–H and O–H groups in total. The number of carbonyl (C=O) groups is 1. The van der Waals surface area contributed by atoms with Gasteiger partial charge in [0.25, 0.3) is 5.91 Å². The fourth-order valence-corrected chi connectivity index (χ4v) is 4.57. The van der Waals surface area contributed by atoms with Crippen molar-refractivity contribution in [3.05, 3.63) is 29.7 Å². The van der Waals surface area contributed by atoms with Crippen molar-refractivity contribution in [1.29, 1.82) is 0 Å². The van der Waals surface area contributed by atoms with E-state index in [1.165, 1.54) is 12.8 Å². The minimum atomic E-state index is 0.00988. The van der Waals surface area contributed by atoms with Crippen LogP contribution in [0.5, 0.6) is 0 Å². The van der Waals surface area contributed by atoms with Crippen LogP contribution in [0.2, 0.25) is 0 Å². The molecular formula is C16H18BrN5OS. The number of nitrogens with zero attached hydrogens (tertiary/aromatic N) is 3. The third kappa shape index (κ3) is 3.04. The highest BCUT2D eigenvalue weighted by Gasteiger charge is 2.29. The number of thioether (sulfide) groups is 1. The van der Waals surface area contributed by atoms with Crippen LogP contribution in [0.25, 0.3) is 11.0 Å². The van der Waals surface area contributed by atoms with Crippen LogP contribution in [0.3, 0.4) is 0 Å². The van der Waals surface area contributed by atoms with Gasteiger partial charge in [-0.05, 0) is 24.8 Å². The van der Waals surface area contributed by atoms with Crippen LogP contribution in [0.4, 0.5) is 5.82 Å². The van der Waals surface area contributed by atoms with Crippen molar-refractivity contribution in [3.8, 4) is 0 Å². The van der Waals surface area contributed by atoms with Gasteiger partial charge in [-0.15, -0.1) is 11.8 Å². The number of aromatic amines is 1. The molecule has 0 aromatic carbocycles. The lowest BCUT2D eigenvalue weighted by Crippen LogP contribution is -2.39. The van der Waals surface area contributed by atoms with Crippen LogP contribution in [0.1, 0.15) is 12.8 Å². The molecule has 4 rings (SSSR count). The third-order valence-corrected chi connectivity index (χ3v) is 6.74. The van der Waals surface area contributed by atoms with Crippen molar-refractivity contribution < 1.29 is 4.79 Å². The average Bonchev–Trinajstić information content (AvgIpc) is 3.09. The van der Waals surface area contributed by atoms with Crippen molar-refractivity contribution in [1.82, 2.24) is 20.3 Å². The molecule has 8 heteroatoms. The van der Waals surface area contributed by atoms with E-state index in [2.05, 4.69) is 36.2 Å². The Hall–Kier alpha value is -1.54. The maximum Gasteiger partial charge on any atom is 0.259 e. The van der Waals surface area contributed by atoms with E-state index < -0.39 is 0 Å². The highest BCUT2D eigenvalue weighted by atomic mass is 79.9. The van der Waals surface area contributed by atoms with Gasteiger partial charge in [0.1, 0.15) is 17.8 Å². The zero-order chi connectivity index (χ0) is 16.5. The Balaban J connectivity index is 1.50. The van der Waals surface area contributed by atoms with E-state index in [1.54, 1.807) is 18.1 Å². The second kappa shape index (κ2) is 6.76. The van der Waals surface area contributed by atoms with Gasteiger partial charge in [-0.1, -0.05) is 15.9 Å². The molecule has 0 spiro atoms. The Labute approximate surface area is 152 Å². The summed E-state index contributed by atoms with van der Waals surface area (Å²) in [6, 6.07) is 1.97. The first-order chi connectivity index (χ1) is 11.7. The van der Waals surface area contributed by atoms with Gasteiger partial charge in [0.2, 0.25) is 0 Å². The van der Waals surface area contributed by atoms with E-state index in [1.807, 2.05) is 23.4 Å². The lowest BCUT2D eigenvalue weighted by atomic mass is 9.85. The molecule has 2 aromatic heterocycles. The highest BCUT2D eigenvalue weighted by Crippen LogP contribution is 2.33. The molecule has 2 aliphatic rings. The molecule has 1 aliphatic heterocycles. The largest absolute Gasteiger partial charge is 0.351 e. The molecule has 3 heterocycles. The van der Waals surface area contributed by atoms with E-state index in [4.69, 9.17) is 0 Å². The second-order valence-corrected chi connectivity index (χ2v) is 8.35. The first kappa shape index (κ1) is 16.0. The summed E-state index contributed by atoms with van der Waals surface area (Å²) in [5.74, 6) is 2.27. The number of rotatable bonds is 4. The molecule has 2 atom stereocenters. The Morgan fingerprint density at radius 2 is 2.38 bits per heavy atom. The molecule has 24 heavy (non-hydrogen) atoms. The summed E-state index contributed by atoms with van der Waals surface area (Å²) in [5.41, 5.74) is 0.811. The van der Waals surface area contributed by atoms with Gasteiger partial charge in [-0.25, -0.2) is 9.97 Å². The minimum Gasteiger partial charge on any atom is -0.351 e. The van der Waals surface area contributed by atoms with Crippen molar-refractivity contribution in [2.24, 2.45) is 5.92 Å². The van der Waals surface area contributed by atoms with Gasteiger partial charge in [0, 0.05) is 36.1 Å². The SMILES string of the molecule is O=C(NC[C@H]1CCC1Br)C1=CN(c2ncnc3[nH]ccc23)CCS1. The Bertz CT molecular complexity index is 792. The highest BCUT2D eigenvalue weighted by molar-refractivity contribution is 9.09. The maximum atomic E-state index is 12.5. The zero-order valence-electron chi connectivity index (χ0n) is 13.0. The van der Waals surface area contributed by atoms with E-state index >= 15 is 0 Å². The number of carbonyl (C=O) groups excluding carboxylic acids is 1. The summed E-state index contributed by atoms with van der Waals surface area (Å²) < 4.78 is 0. The van der Waals surface area contributed by atoms with E-state index in [-0.39, 0.29) is 5.91 Å². The van der Waals surface area contributed by atoms with Crippen LogP contribution in [0, 0.1) is 5.92 Å². The summed E-state index contributed by atoms with van der Waals surface area (Å²) in [6.45, 7) is 1.56. The monoisotopic (exact) mass is 407 g/mol. The third-order valence-electron chi connectivity index (χ3n) is 4.54. The minimum absolute atomic E-state index is 0.00988. The molecule has 6 nitrogen and oxygen atoms in total. The first-order valence-corrected chi connectivity index (χ1v) is 9.94. The molecule has 1 saturated carbocycles. The zero-order valence-corrected chi connectivity index (χ0v) is 15.4. The van der Waals surface area contributed by atoms with Crippen molar-refractivity contribution in [3.63, 3.8) is 0 Å². The standard InChI is InChI=1S/C16H18BrN5OS/c17-12-2-1-10(12)7-19-16(23)13-8-22(5-6-24-13)15-11-3-4-18-14(11)20-9-21-15/h3-4,8-10,12H,1-2,5-7H2,(H,19,23)(H,18,20,21)/t10-,12?/m1/s1. The Kier molecular flexibility index (Phi) is 4.49. The van der Waals surface area contributed by atoms with E-state index in [0.717, 1.165) is 40.6 Å². The van der Waals surface area contributed by atoms with Crippen LogP contribution < -0.4 is 10.2 Å². The van der Waals surface area contributed by atoms with Gasteiger partial charge in [0.05, 0.1) is 10.3 Å². The predicted molar refractivity (Wildman–Crippen MR) is 100 cm³/mol. The number of hydrogen-bond acceptors (Lipinski definition) is 5. The van der Waals surface area contributed by atoms with Gasteiger partial charge < -0.3 is 15.2 Å².